The average molecular weight is 367 g/mol. The van der Waals surface area contributed by atoms with Crippen LogP contribution >= 0.6 is 0 Å². The summed E-state index contributed by atoms with van der Waals surface area (Å²) < 4.78 is 11.5. The van der Waals surface area contributed by atoms with Crippen LogP contribution in [0.2, 0.25) is 0 Å². The van der Waals surface area contributed by atoms with E-state index in [0.29, 0.717) is 11.1 Å². The van der Waals surface area contributed by atoms with E-state index in [1.165, 1.54) is 0 Å². The molecular weight excluding hydrogens is 342 g/mol. The van der Waals surface area contributed by atoms with E-state index >= 15 is 0 Å². The quantitative estimate of drug-likeness (QED) is 0.873. The fraction of sp³-hybridized carbons (Fsp3) is 0.476. The number of carbonyl (C=O) groups is 1. The fourth-order valence-corrected chi connectivity index (χ4v) is 3.32. The Bertz CT molecular complexity index is 859. The van der Waals surface area contributed by atoms with Gasteiger partial charge in [0.2, 0.25) is 0 Å². The summed E-state index contributed by atoms with van der Waals surface area (Å²) in [6.45, 7) is 5.57. The Morgan fingerprint density at radius 3 is 2.63 bits per heavy atom. The molecule has 0 aliphatic heterocycles. The molecule has 1 heterocycles. The second kappa shape index (κ2) is 7.83. The van der Waals surface area contributed by atoms with Gasteiger partial charge >= 0.3 is 6.09 Å². The Hall–Kier alpha value is -2.81. The molecule has 1 saturated carbocycles. The summed E-state index contributed by atoms with van der Waals surface area (Å²) in [6, 6.07) is 9.64. The van der Waals surface area contributed by atoms with Gasteiger partial charge in [0.15, 0.2) is 0 Å². The lowest BCUT2D eigenvalue weighted by Gasteiger charge is -2.30. The lowest BCUT2D eigenvalue weighted by molar-refractivity contribution is 0.0471. The first-order chi connectivity index (χ1) is 12.9. The number of nitriles is 1. The van der Waals surface area contributed by atoms with E-state index in [4.69, 9.17) is 9.47 Å². The van der Waals surface area contributed by atoms with Crippen molar-refractivity contribution in [2.24, 2.45) is 0 Å². The molecule has 0 atom stereocenters. The molecule has 1 N–H and O–H groups in total. The summed E-state index contributed by atoms with van der Waals surface area (Å²) in [5.41, 5.74) is 0.718. The lowest BCUT2D eigenvalue weighted by atomic mass is 9.93. The molecule has 0 saturated heterocycles. The van der Waals surface area contributed by atoms with Gasteiger partial charge in [-0.1, -0.05) is 0 Å². The molecule has 1 aromatic heterocycles. The van der Waals surface area contributed by atoms with Crippen molar-refractivity contribution in [3.8, 4) is 11.8 Å². The smallest absolute Gasteiger partial charge is 0.407 e. The molecule has 6 nitrogen and oxygen atoms in total. The van der Waals surface area contributed by atoms with Gasteiger partial charge < -0.3 is 14.8 Å². The number of benzene rings is 1. The third kappa shape index (κ3) is 4.88. The van der Waals surface area contributed by atoms with Crippen molar-refractivity contribution in [3.05, 3.63) is 36.0 Å². The first-order valence-electron chi connectivity index (χ1n) is 9.30. The topological polar surface area (TPSA) is 84.2 Å². The first kappa shape index (κ1) is 19.0. The van der Waals surface area contributed by atoms with Crippen LogP contribution in [0.4, 0.5) is 4.79 Å². The van der Waals surface area contributed by atoms with Crippen molar-refractivity contribution in [1.82, 2.24) is 10.3 Å². The van der Waals surface area contributed by atoms with Gasteiger partial charge in [-0.2, -0.15) is 5.26 Å². The number of nitrogens with zero attached hydrogens (tertiary/aromatic N) is 2. The van der Waals surface area contributed by atoms with Crippen molar-refractivity contribution in [3.63, 3.8) is 0 Å². The minimum atomic E-state index is -0.491. The average Bonchev–Trinajstić information content (AvgIpc) is 2.62. The summed E-state index contributed by atoms with van der Waals surface area (Å²) in [5.74, 6) is 0.751. The second-order valence-electron chi connectivity index (χ2n) is 7.86. The predicted molar refractivity (Wildman–Crippen MR) is 102 cm³/mol. The summed E-state index contributed by atoms with van der Waals surface area (Å²) >= 11 is 0. The van der Waals surface area contributed by atoms with Crippen LogP contribution in [0.1, 0.15) is 52.0 Å². The van der Waals surface area contributed by atoms with Gasteiger partial charge in [0.25, 0.3) is 0 Å². The molecule has 0 radical (unpaired) electrons. The van der Waals surface area contributed by atoms with Crippen molar-refractivity contribution < 1.29 is 14.3 Å². The molecule has 1 fully saturated rings. The number of aromatic nitrogens is 1. The Morgan fingerprint density at radius 1 is 1.22 bits per heavy atom. The lowest BCUT2D eigenvalue weighted by Crippen LogP contribution is -2.42. The molecule has 1 amide bonds. The number of hydrogen-bond donors (Lipinski definition) is 1. The van der Waals surface area contributed by atoms with Crippen molar-refractivity contribution in [2.45, 2.75) is 64.2 Å². The normalized spacial score (nSPS) is 19.9. The maximum atomic E-state index is 11.9. The number of carbonyl (C=O) groups excluding carboxylic acids is 1. The largest absolute Gasteiger partial charge is 0.490 e. The summed E-state index contributed by atoms with van der Waals surface area (Å²) in [4.78, 5) is 16.2. The number of rotatable bonds is 3. The molecule has 1 aliphatic rings. The molecule has 6 heteroatoms. The van der Waals surface area contributed by atoms with Crippen LogP contribution in [0.25, 0.3) is 10.9 Å². The van der Waals surface area contributed by atoms with E-state index < -0.39 is 5.60 Å². The summed E-state index contributed by atoms with van der Waals surface area (Å²) in [6.07, 6.45) is 4.78. The van der Waals surface area contributed by atoms with E-state index in [0.717, 1.165) is 36.8 Å². The monoisotopic (exact) mass is 367 g/mol. The molecule has 27 heavy (non-hydrogen) atoms. The Kier molecular flexibility index (Phi) is 5.50. The number of fused-ring (bicyclic) bond motifs is 1. The fourth-order valence-electron chi connectivity index (χ4n) is 3.32. The van der Waals surface area contributed by atoms with E-state index in [9.17, 15) is 10.1 Å². The maximum Gasteiger partial charge on any atom is 0.407 e. The highest BCUT2D eigenvalue weighted by atomic mass is 16.6. The van der Waals surface area contributed by atoms with Crippen LogP contribution in [-0.4, -0.2) is 28.8 Å². The summed E-state index contributed by atoms with van der Waals surface area (Å²) in [7, 11) is 0. The van der Waals surface area contributed by atoms with Gasteiger partial charge in [0.05, 0.1) is 17.2 Å². The highest BCUT2D eigenvalue weighted by molar-refractivity contribution is 5.89. The molecule has 1 aromatic carbocycles. The van der Waals surface area contributed by atoms with E-state index in [2.05, 4.69) is 16.4 Å². The third-order valence-electron chi connectivity index (χ3n) is 4.54. The molecule has 3 rings (SSSR count). The van der Waals surface area contributed by atoms with Gasteiger partial charge in [-0.3, -0.25) is 4.98 Å². The number of hydrogen-bond acceptors (Lipinski definition) is 5. The Morgan fingerprint density at radius 2 is 1.96 bits per heavy atom. The zero-order valence-electron chi connectivity index (χ0n) is 16.0. The molecule has 0 spiro atoms. The SMILES string of the molecule is CC(C)(C)OC(=O)NC1CCC(Oc2ccc(C#N)c3ncccc23)CC1. The van der Waals surface area contributed by atoms with E-state index in [-0.39, 0.29) is 18.2 Å². The summed E-state index contributed by atoms with van der Waals surface area (Å²) in [5, 5.41) is 13.0. The molecule has 1 aliphatic carbocycles. The number of amides is 1. The Labute approximate surface area is 159 Å². The molecule has 0 bridgehead atoms. The van der Waals surface area contributed by atoms with Gasteiger partial charge in [-0.25, -0.2) is 4.79 Å². The molecule has 0 unspecified atom stereocenters. The van der Waals surface area contributed by atoms with Crippen LogP contribution in [0.15, 0.2) is 30.5 Å². The highest BCUT2D eigenvalue weighted by Gasteiger charge is 2.26. The van der Waals surface area contributed by atoms with Crippen molar-refractivity contribution in [2.75, 3.05) is 0 Å². The first-order valence-corrected chi connectivity index (χ1v) is 9.30. The zero-order chi connectivity index (χ0) is 19.4. The van der Waals surface area contributed by atoms with Gasteiger partial charge in [0.1, 0.15) is 17.4 Å². The minimum absolute atomic E-state index is 0.0815. The van der Waals surface area contributed by atoms with Crippen molar-refractivity contribution in [1.29, 1.82) is 5.26 Å². The van der Waals surface area contributed by atoms with Crippen LogP contribution < -0.4 is 10.1 Å². The van der Waals surface area contributed by atoms with Crippen LogP contribution in [-0.2, 0) is 4.74 Å². The zero-order valence-corrected chi connectivity index (χ0v) is 16.0. The highest BCUT2D eigenvalue weighted by Crippen LogP contribution is 2.30. The van der Waals surface area contributed by atoms with E-state index in [1.54, 1.807) is 12.3 Å². The molecular formula is C21H25N3O3. The van der Waals surface area contributed by atoms with Crippen LogP contribution in [0.5, 0.6) is 5.75 Å². The van der Waals surface area contributed by atoms with Crippen molar-refractivity contribution >= 4 is 17.0 Å². The van der Waals surface area contributed by atoms with Crippen LogP contribution in [0, 0.1) is 11.3 Å². The second-order valence-corrected chi connectivity index (χ2v) is 7.86. The minimum Gasteiger partial charge on any atom is -0.490 e. The number of ether oxygens (including phenoxy) is 2. The van der Waals surface area contributed by atoms with E-state index in [1.807, 2.05) is 39.0 Å². The number of alkyl carbamates (subject to hydrolysis) is 1. The van der Waals surface area contributed by atoms with Gasteiger partial charge in [-0.05, 0) is 70.7 Å². The van der Waals surface area contributed by atoms with Crippen LogP contribution in [0.3, 0.4) is 0 Å². The third-order valence-corrected chi connectivity index (χ3v) is 4.54. The number of nitrogens with one attached hydrogen (secondary N) is 1. The van der Waals surface area contributed by atoms with Gasteiger partial charge in [-0.15, -0.1) is 0 Å². The maximum absolute atomic E-state index is 11.9. The number of pyridine rings is 1. The Balaban J connectivity index is 1.60. The molecule has 2 aromatic rings. The standard InChI is InChI=1S/C21H25N3O3/c1-21(2,3)27-20(25)24-15-7-9-16(10-8-15)26-18-11-6-14(13-22)19-17(18)5-4-12-23-19/h4-6,11-12,15-16H,7-10H2,1-3H3,(H,24,25). The molecule has 142 valence electrons. The predicted octanol–water partition coefficient (Wildman–Crippen LogP) is 4.32. The van der Waals surface area contributed by atoms with Gasteiger partial charge in [0, 0.05) is 17.6 Å².